The van der Waals surface area contributed by atoms with Crippen molar-refractivity contribution in [1.82, 2.24) is 9.97 Å². The Labute approximate surface area is 173 Å². The summed E-state index contributed by atoms with van der Waals surface area (Å²) in [7, 11) is 0. The summed E-state index contributed by atoms with van der Waals surface area (Å²) in [6, 6.07) is 7.58. The largest absolute Gasteiger partial charge is 0.434 e. The first-order valence-electron chi connectivity index (χ1n) is 9.63. The molecular weight excluding hydrogens is 390 g/mol. The van der Waals surface area contributed by atoms with Gasteiger partial charge in [-0.1, -0.05) is 20.8 Å². The van der Waals surface area contributed by atoms with E-state index < -0.39 is 12.7 Å². The van der Waals surface area contributed by atoms with E-state index in [4.69, 9.17) is 10.5 Å². The maximum absolute atomic E-state index is 13.1. The number of pyridine rings is 1. The lowest BCUT2D eigenvalue weighted by Gasteiger charge is -2.22. The van der Waals surface area contributed by atoms with Crippen molar-refractivity contribution >= 4 is 22.6 Å². The number of benzene rings is 1. The highest BCUT2D eigenvalue weighted by molar-refractivity contribution is 5.98. The molecule has 0 aliphatic rings. The SMILES string of the molecule is Cc1cc2c(-c3ccc(NC(=O)[C@H](N)CC(C)(C)C)cc3OC(F)F)ccnc2[nH]1. The number of fused-ring (bicyclic) bond motifs is 1. The van der Waals surface area contributed by atoms with E-state index in [1.54, 1.807) is 24.4 Å². The number of amides is 1. The topological polar surface area (TPSA) is 93.0 Å². The van der Waals surface area contributed by atoms with Gasteiger partial charge in [-0.15, -0.1) is 0 Å². The first kappa shape index (κ1) is 21.7. The molecule has 1 aromatic carbocycles. The van der Waals surface area contributed by atoms with Crippen molar-refractivity contribution in [3.63, 3.8) is 0 Å². The number of aryl methyl sites for hydroxylation is 1. The number of nitrogens with zero attached hydrogens (tertiary/aromatic N) is 1. The number of alkyl halides is 2. The molecular formula is C22H26F2N4O2. The normalized spacial score (nSPS) is 12.9. The second-order valence-corrected chi connectivity index (χ2v) is 8.52. The highest BCUT2D eigenvalue weighted by atomic mass is 19.3. The van der Waals surface area contributed by atoms with E-state index in [0.29, 0.717) is 28.9 Å². The molecule has 0 aliphatic carbocycles. The lowest BCUT2D eigenvalue weighted by Crippen LogP contribution is -2.38. The molecule has 0 radical (unpaired) electrons. The Morgan fingerprint density at radius 1 is 1.23 bits per heavy atom. The van der Waals surface area contributed by atoms with Gasteiger partial charge in [0.25, 0.3) is 0 Å². The minimum Gasteiger partial charge on any atom is -0.434 e. The van der Waals surface area contributed by atoms with Gasteiger partial charge < -0.3 is 20.8 Å². The smallest absolute Gasteiger partial charge is 0.387 e. The van der Waals surface area contributed by atoms with Crippen molar-refractivity contribution in [2.24, 2.45) is 11.1 Å². The average Bonchev–Trinajstić information content (AvgIpc) is 3.00. The summed E-state index contributed by atoms with van der Waals surface area (Å²) in [5.74, 6) is -0.424. The predicted molar refractivity (Wildman–Crippen MR) is 114 cm³/mol. The molecule has 6 nitrogen and oxygen atoms in total. The van der Waals surface area contributed by atoms with Gasteiger partial charge in [-0.3, -0.25) is 4.79 Å². The van der Waals surface area contributed by atoms with Crippen LogP contribution in [-0.4, -0.2) is 28.5 Å². The van der Waals surface area contributed by atoms with Crippen LogP contribution in [0.2, 0.25) is 0 Å². The van der Waals surface area contributed by atoms with Crippen molar-refractivity contribution in [2.75, 3.05) is 5.32 Å². The molecule has 2 aromatic heterocycles. The standard InChI is InChI=1S/C22H26F2N4O2/c1-12-9-16-14(7-8-26-19(16)27-12)15-6-5-13(10-18(15)30-21(23)24)28-20(29)17(25)11-22(2,3)4/h5-10,17,21H,11,25H2,1-4H3,(H,26,27)(H,28,29)/t17-/m1/s1. The molecule has 30 heavy (non-hydrogen) atoms. The molecule has 4 N–H and O–H groups in total. The first-order valence-corrected chi connectivity index (χ1v) is 9.63. The van der Waals surface area contributed by atoms with Crippen LogP contribution in [0.3, 0.4) is 0 Å². The van der Waals surface area contributed by atoms with Crippen molar-refractivity contribution in [1.29, 1.82) is 0 Å². The number of halogens is 2. The maximum Gasteiger partial charge on any atom is 0.387 e. The number of rotatable bonds is 6. The van der Waals surface area contributed by atoms with Gasteiger partial charge in [0.1, 0.15) is 11.4 Å². The minimum atomic E-state index is -3.01. The van der Waals surface area contributed by atoms with Crippen molar-refractivity contribution in [2.45, 2.75) is 46.8 Å². The highest BCUT2D eigenvalue weighted by Crippen LogP contribution is 2.37. The monoisotopic (exact) mass is 416 g/mol. The molecule has 2 heterocycles. The molecule has 0 bridgehead atoms. The summed E-state index contributed by atoms with van der Waals surface area (Å²) in [4.78, 5) is 19.8. The molecule has 0 aliphatic heterocycles. The summed E-state index contributed by atoms with van der Waals surface area (Å²) in [6.07, 6.45) is 2.08. The Morgan fingerprint density at radius 3 is 2.63 bits per heavy atom. The molecule has 0 saturated carbocycles. The van der Waals surface area contributed by atoms with E-state index in [-0.39, 0.29) is 17.1 Å². The van der Waals surface area contributed by atoms with Gasteiger partial charge in [-0.25, -0.2) is 4.98 Å². The number of nitrogens with two attached hydrogens (primary N) is 1. The molecule has 1 amide bonds. The van der Waals surface area contributed by atoms with Crippen LogP contribution in [-0.2, 0) is 4.79 Å². The highest BCUT2D eigenvalue weighted by Gasteiger charge is 2.22. The Bertz CT molecular complexity index is 1060. The number of ether oxygens (including phenoxy) is 1. The van der Waals surface area contributed by atoms with Crippen LogP contribution in [0.15, 0.2) is 36.5 Å². The van der Waals surface area contributed by atoms with Crippen molar-refractivity contribution in [3.8, 4) is 16.9 Å². The number of carbonyl (C=O) groups is 1. The molecule has 3 rings (SSSR count). The van der Waals surface area contributed by atoms with Crippen LogP contribution in [0, 0.1) is 12.3 Å². The van der Waals surface area contributed by atoms with Crippen LogP contribution < -0.4 is 15.8 Å². The van der Waals surface area contributed by atoms with Crippen LogP contribution in [0.5, 0.6) is 5.75 Å². The van der Waals surface area contributed by atoms with Gasteiger partial charge in [0.2, 0.25) is 5.91 Å². The lowest BCUT2D eigenvalue weighted by atomic mass is 9.88. The third kappa shape index (κ3) is 5.13. The zero-order valence-corrected chi connectivity index (χ0v) is 17.4. The second kappa shape index (κ2) is 8.39. The lowest BCUT2D eigenvalue weighted by molar-refractivity contribution is -0.118. The quantitative estimate of drug-likeness (QED) is 0.536. The zero-order chi connectivity index (χ0) is 22.1. The number of anilines is 1. The molecule has 0 spiro atoms. The summed E-state index contributed by atoms with van der Waals surface area (Å²) in [6.45, 7) is 4.84. The first-order chi connectivity index (χ1) is 14.0. The number of nitrogens with one attached hydrogen (secondary N) is 2. The summed E-state index contributed by atoms with van der Waals surface area (Å²) < 4.78 is 31.0. The average molecular weight is 416 g/mol. The summed E-state index contributed by atoms with van der Waals surface area (Å²) >= 11 is 0. The Morgan fingerprint density at radius 2 is 1.97 bits per heavy atom. The molecule has 0 unspecified atom stereocenters. The Balaban J connectivity index is 1.95. The number of carbonyl (C=O) groups excluding carboxylic acids is 1. The van der Waals surface area contributed by atoms with Gasteiger partial charge in [0.15, 0.2) is 0 Å². The maximum atomic E-state index is 13.1. The predicted octanol–water partition coefficient (Wildman–Crippen LogP) is 4.84. The van der Waals surface area contributed by atoms with Crippen molar-refractivity contribution < 1.29 is 18.3 Å². The number of hydrogen-bond acceptors (Lipinski definition) is 4. The van der Waals surface area contributed by atoms with E-state index in [2.05, 4.69) is 15.3 Å². The van der Waals surface area contributed by atoms with Crippen LogP contribution in [0.25, 0.3) is 22.2 Å². The number of aromatic nitrogens is 2. The fourth-order valence-electron chi connectivity index (χ4n) is 3.40. The molecule has 0 saturated heterocycles. The zero-order valence-electron chi connectivity index (χ0n) is 17.4. The van der Waals surface area contributed by atoms with Crippen LogP contribution >= 0.6 is 0 Å². The Hall–Kier alpha value is -3.00. The minimum absolute atomic E-state index is 0.0430. The third-order valence-electron chi connectivity index (χ3n) is 4.59. The molecule has 8 heteroatoms. The number of H-pyrrole nitrogens is 1. The van der Waals surface area contributed by atoms with Gasteiger partial charge in [-0.05, 0) is 48.6 Å². The van der Waals surface area contributed by atoms with Crippen LogP contribution in [0.1, 0.15) is 32.9 Å². The summed E-state index contributed by atoms with van der Waals surface area (Å²) in [5, 5.41) is 3.48. The van der Waals surface area contributed by atoms with Gasteiger partial charge in [0.05, 0.1) is 6.04 Å². The second-order valence-electron chi connectivity index (χ2n) is 8.52. The third-order valence-corrected chi connectivity index (χ3v) is 4.59. The van der Waals surface area contributed by atoms with E-state index in [1.165, 1.54) is 6.07 Å². The van der Waals surface area contributed by atoms with E-state index in [1.807, 2.05) is 33.8 Å². The number of hydrogen-bond donors (Lipinski definition) is 3. The Kier molecular flexibility index (Phi) is 6.07. The van der Waals surface area contributed by atoms with Crippen LogP contribution in [0.4, 0.5) is 14.5 Å². The van der Waals surface area contributed by atoms with E-state index >= 15 is 0 Å². The molecule has 0 fully saturated rings. The van der Waals surface area contributed by atoms with Crippen molar-refractivity contribution in [3.05, 3.63) is 42.2 Å². The molecule has 3 aromatic rings. The van der Waals surface area contributed by atoms with Gasteiger partial charge >= 0.3 is 6.61 Å². The van der Waals surface area contributed by atoms with E-state index in [9.17, 15) is 13.6 Å². The van der Waals surface area contributed by atoms with E-state index in [0.717, 1.165) is 11.1 Å². The van der Waals surface area contributed by atoms with Gasteiger partial charge in [0, 0.05) is 34.6 Å². The van der Waals surface area contributed by atoms with Gasteiger partial charge in [-0.2, -0.15) is 8.78 Å². The molecule has 160 valence electrons. The summed E-state index contributed by atoms with van der Waals surface area (Å²) in [5.41, 5.74) is 8.92. The molecule has 1 atom stereocenters. The number of aromatic amines is 1. The fraction of sp³-hybridized carbons (Fsp3) is 0.364. The fourth-order valence-corrected chi connectivity index (χ4v) is 3.40.